The number of hydrogen-bond acceptors (Lipinski definition) is 5. The number of aromatic nitrogens is 1. The number of carbonyl (C=O) groups excluding carboxylic acids is 1. The molecule has 0 spiro atoms. The molecule has 1 saturated heterocycles. The van der Waals surface area contributed by atoms with Crippen molar-refractivity contribution in [3.05, 3.63) is 44.9 Å². The summed E-state index contributed by atoms with van der Waals surface area (Å²) in [4.78, 5) is 17.7. The van der Waals surface area contributed by atoms with Crippen LogP contribution in [-0.2, 0) is 20.7 Å². The van der Waals surface area contributed by atoms with E-state index in [0.717, 1.165) is 41.6 Å². The number of benzene rings is 1. The maximum Gasteiger partial charge on any atom is 0.254 e. The summed E-state index contributed by atoms with van der Waals surface area (Å²) in [6, 6.07) is 6.31. The molecule has 3 rings (SSSR count). The van der Waals surface area contributed by atoms with Crippen LogP contribution >= 0.6 is 27.3 Å². The van der Waals surface area contributed by atoms with E-state index in [2.05, 4.69) is 51.4 Å². The molecule has 1 aromatic carbocycles. The van der Waals surface area contributed by atoms with Gasteiger partial charge in [-0.15, -0.1) is 11.3 Å². The molecule has 2 heterocycles. The summed E-state index contributed by atoms with van der Waals surface area (Å²) in [5.41, 5.74) is 2.43. The van der Waals surface area contributed by atoms with Gasteiger partial charge in [0, 0.05) is 28.6 Å². The fraction of sp³-hybridized carbons (Fsp3) is 0.500. The Kier molecular flexibility index (Phi) is 7.41. The van der Waals surface area contributed by atoms with Crippen LogP contribution in [0.2, 0.25) is 0 Å². The summed E-state index contributed by atoms with van der Waals surface area (Å²) in [6.45, 7) is 5.08. The van der Waals surface area contributed by atoms with Crippen LogP contribution in [0.15, 0.2) is 28.9 Å². The van der Waals surface area contributed by atoms with E-state index in [1.165, 1.54) is 22.5 Å². The highest BCUT2D eigenvalue weighted by Crippen LogP contribution is 2.24. The van der Waals surface area contributed by atoms with Crippen molar-refractivity contribution >= 4 is 38.3 Å². The lowest BCUT2D eigenvalue weighted by Gasteiger charge is -2.23. The second-order valence-corrected chi connectivity index (χ2v) is 8.81. The predicted molar refractivity (Wildman–Crippen MR) is 111 cm³/mol. The van der Waals surface area contributed by atoms with Crippen molar-refractivity contribution in [1.29, 1.82) is 0 Å². The van der Waals surface area contributed by atoms with Crippen LogP contribution in [0.3, 0.4) is 0 Å². The van der Waals surface area contributed by atoms with E-state index >= 15 is 0 Å². The van der Waals surface area contributed by atoms with E-state index in [1.807, 2.05) is 6.20 Å². The standard InChI is InChI=1S/C20H25BrN2O3S/c1-13-9-15(6-7-18(13)21)10-17-11-22-20(27-17)23-19(24)14(2)26-12-16-5-3-4-8-25-16/h6-7,9,11,14,16H,3-5,8,10,12H2,1-2H3,(H,22,23,24). The van der Waals surface area contributed by atoms with Crippen LogP contribution in [0.1, 0.15) is 42.2 Å². The summed E-state index contributed by atoms with van der Waals surface area (Å²) in [5, 5.41) is 3.46. The predicted octanol–water partition coefficient (Wildman–Crippen LogP) is 4.72. The molecule has 2 atom stereocenters. The van der Waals surface area contributed by atoms with Crippen molar-refractivity contribution < 1.29 is 14.3 Å². The second-order valence-electron chi connectivity index (χ2n) is 6.85. The van der Waals surface area contributed by atoms with Crippen molar-refractivity contribution in [2.75, 3.05) is 18.5 Å². The maximum absolute atomic E-state index is 12.3. The molecule has 27 heavy (non-hydrogen) atoms. The zero-order chi connectivity index (χ0) is 19.2. The Morgan fingerprint density at radius 1 is 1.48 bits per heavy atom. The summed E-state index contributed by atoms with van der Waals surface area (Å²) in [7, 11) is 0. The fourth-order valence-electron chi connectivity index (χ4n) is 2.94. The lowest BCUT2D eigenvalue weighted by atomic mass is 10.1. The lowest BCUT2D eigenvalue weighted by Crippen LogP contribution is -2.32. The van der Waals surface area contributed by atoms with E-state index in [9.17, 15) is 4.79 Å². The van der Waals surface area contributed by atoms with Crippen LogP contribution in [-0.4, -0.2) is 36.3 Å². The second kappa shape index (κ2) is 9.78. The molecule has 7 heteroatoms. The molecule has 0 saturated carbocycles. The number of thiazole rings is 1. The zero-order valence-electron chi connectivity index (χ0n) is 15.7. The van der Waals surface area contributed by atoms with Gasteiger partial charge in [0.15, 0.2) is 5.13 Å². The van der Waals surface area contributed by atoms with Gasteiger partial charge in [0.2, 0.25) is 0 Å². The van der Waals surface area contributed by atoms with E-state index < -0.39 is 6.10 Å². The minimum atomic E-state index is -0.531. The van der Waals surface area contributed by atoms with Crippen LogP contribution in [0.5, 0.6) is 0 Å². The number of rotatable bonds is 7. The van der Waals surface area contributed by atoms with Gasteiger partial charge in [0.25, 0.3) is 5.91 Å². The third-order valence-corrected chi connectivity index (χ3v) is 6.36. The largest absolute Gasteiger partial charge is 0.376 e. The molecule has 1 N–H and O–H groups in total. The lowest BCUT2D eigenvalue weighted by molar-refractivity contribution is -0.130. The zero-order valence-corrected chi connectivity index (χ0v) is 18.1. The molecule has 5 nitrogen and oxygen atoms in total. The normalized spacial score (nSPS) is 18.3. The molecule has 1 fully saturated rings. The molecule has 2 aromatic rings. The molecule has 0 radical (unpaired) electrons. The molecular weight excluding hydrogens is 428 g/mol. The van der Waals surface area contributed by atoms with Gasteiger partial charge in [0.1, 0.15) is 6.10 Å². The first-order chi connectivity index (χ1) is 13.0. The summed E-state index contributed by atoms with van der Waals surface area (Å²) < 4.78 is 12.4. The molecule has 0 bridgehead atoms. The highest BCUT2D eigenvalue weighted by atomic mass is 79.9. The average Bonchev–Trinajstić information content (AvgIpc) is 3.10. The van der Waals surface area contributed by atoms with Gasteiger partial charge in [-0.1, -0.05) is 28.1 Å². The highest BCUT2D eigenvalue weighted by molar-refractivity contribution is 9.10. The van der Waals surface area contributed by atoms with Crippen molar-refractivity contribution in [2.24, 2.45) is 0 Å². The Morgan fingerprint density at radius 2 is 2.33 bits per heavy atom. The smallest absolute Gasteiger partial charge is 0.254 e. The van der Waals surface area contributed by atoms with Crippen molar-refractivity contribution in [2.45, 2.75) is 51.7 Å². The Morgan fingerprint density at radius 3 is 3.07 bits per heavy atom. The van der Waals surface area contributed by atoms with Crippen LogP contribution in [0.25, 0.3) is 0 Å². The monoisotopic (exact) mass is 452 g/mol. The minimum Gasteiger partial charge on any atom is -0.376 e. The molecule has 1 amide bonds. The first kappa shape index (κ1) is 20.5. The number of carbonyl (C=O) groups is 1. The molecule has 1 aromatic heterocycles. The van der Waals surface area contributed by atoms with Crippen LogP contribution in [0.4, 0.5) is 5.13 Å². The molecule has 146 valence electrons. The quantitative estimate of drug-likeness (QED) is 0.659. The Labute approximate surface area is 172 Å². The van der Waals surface area contributed by atoms with Crippen molar-refractivity contribution in [1.82, 2.24) is 4.98 Å². The maximum atomic E-state index is 12.3. The van der Waals surface area contributed by atoms with Gasteiger partial charge >= 0.3 is 0 Å². The number of nitrogens with one attached hydrogen (secondary N) is 1. The van der Waals surface area contributed by atoms with Crippen LogP contribution in [0, 0.1) is 6.92 Å². The number of aryl methyl sites for hydroxylation is 1. The first-order valence-corrected chi connectivity index (χ1v) is 10.9. The van der Waals surface area contributed by atoms with Gasteiger partial charge in [-0.3, -0.25) is 10.1 Å². The van der Waals surface area contributed by atoms with E-state index in [0.29, 0.717) is 11.7 Å². The number of ether oxygens (including phenoxy) is 2. The third kappa shape index (κ3) is 6.10. The van der Waals surface area contributed by atoms with E-state index in [4.69, 9.17) is 9.47 Å². The molecule has 1 aliphatic rings. The number of hydrogen-bond donors (Lipinski definition) is 1. The highest BCUT2D eigenvalue weighted by Gasteiger charge is 2.19. The molecular formula is C20H25BrN2O3S. The van der Waals surface area contributed by atoms with Gasteiger partial charge < -0.3 is 9.47 Å². The topological polar surface area (TPSA) is 60.5 Å². The molecule has 0 aliphatic carbocycles. The van der Waals surface area contributed by atoms with Crippen molar-refractivity contribution in [3.8, 4) is 0 Å². The van der Waals surface area contributed by atoms with Crippen LogP contribution < -0.4 is 5.32 Å². The molecule has 2 unspecified atom stereocenters. The summed E-state index contributed by atoms with van der Waals surface area (Å²) in [6.07, 6.45) is 5.46. The summed E-state index contributed by atoms with van der Waals surface area (Å²) >= 11 is 5.02. The number of nitrogens with zero attached hydrogens (tertiary/aromatic N) is 1. The van der Waals surface area contributed by atoms with E-state index in [1.54, 1.807) is 6.92 Å². The average molecular weight is 453 g/mol. The fourth-order valence-corrected chi connectivity index (χ4v) is 4.03. The van der Waals surface area contributed by atoms with Crippen molar-refractivity contribution in [3.63, 3.8) is 0 Å². The number of anilines is 1. The molecule has 1 aliphatic heterocycles. The summed E-state index contributed by atoms with van der Waals surface area (Å²) in [5.74, 6) is -0.175. The van der Waals surface area contributed by atoms with Gasteiger partial charge in [-0.25, -0.2) is 4.98 Å². The Bertz CT molecular complexity index is 774. The van der Waals surface area contributed by atoms with Gasteiger partial charge in [0.05, 0.1) is 12.7 Å². The number of amides is 1. The first-order valence-electron chi connectivity index (χ1n) is 9.25. The van der Waals surface area contributed by atoms with E-state index in [-0.39, 0.29) is 12.0 Å². The number of halogens is 1. The minimum absolute atomic E-state index is 0.106. The SMILES string of the molecule is Cc1cc(Cc2cnc(NC(=O)C(C)OCC3CCCCO3)s2)ccc1Br. The van der Waals surface area contributed by atoms with Gasteiger partial charge in [-0.2, -0.15) is 0 Å². The Balaban J connectivity index is 1.48. The van der Waals surface area contributed by atoms with Gasteiger partial charge in [-0.05, 0) is 50.3 Å². The Hall–Kier alpha value is -1.28. The third-order valence-electron chi connectivity index (χ3n) is 4.56.